The maximum Gasteiger partial charge on any atom is 0.323 e. The predicted octanol–water partition coefficient (Wildman–Crippen LogP) is 1.95. The van der Waals surface area contributed by atoms with E-state index in [0.717, 1.165) is 12.8 Å². The van der Waals surface area contributed by atoms with E-state index >= 15 is 0 Å². The van der Waals surface area contributed by atoms with Crippen LogP contribution in [0, 0.1) is 0 Å². The largest absolute Gasteiger partial charge is 0.480 e. The van der Waals surface area contributed by atoms with E-state index in [9.17, 15) is 9.90 Å². The molecule has 0 aliphatic rings. The van der Waals surface area contributed by atoms with Crippen molar-refractivity contribution in [3.63, 3.8) is 0 Å². The van der Waals surface area contributed by atoms with Gasteiger partial charge in [-0.15, -0.1) is 0 Å². The fraction of sp³-hybridized carbons (Fsp3) is 0.923. The molecule has 4 nitrogen and oxygen atoms in total. The third-order valence-electron chi connectivity index (χ3n) is 3.94. The number of hydrogen-bond donors (Lipinski definition) is 2. The Morgan fingerprint density at radius 2 is 1.88 bits per heavy atom. The minimum Gasteiger partial charge on any atom is -0.480 e. The molecule has 0 amide bonds. The molecule has 0 radical (unpaired) electrons. The van der Waals surface area contributed by atoms with Gasteiger partial charge in [0.15, 0.2) is 0 Å². The van der Waals surface area contributed by atoms with Gasteiger partial charge in [0.2, 0.25) is 0 Å². The number of likely N-dealkylation sites (N-methyl/N-ethyl adjacent to an activating group) is 1. The van der Waals surface area contributed by atoms with Crippen molar-refractivity contribution in [2.45, 2.75) is 64.6 Å². The SMILES string of the molecule is CCC(CC)N(C)C(C)CC(C)(NC)C(=O)O. The van der Waals surface area contributed by atoms with Crippen LogP contribution in [-0.2, 0) is 4.79 Å². The lowest BCUT2D eigenvalue weighted by atomic mass is 9.92. The number of rotatable bonds is 8. The van der Waals surface area contributed by atoms with Crippen molar-refractivity contribution < 1.29 is 9.90 Å². The lowest BCUT2D eigenvalue weighted by Crippen LogP contribution is -2.52. The van der Waals surface area contributed by atoms with Crippen molar-refractivity contribution in [1.29, 1.82) is 0 Å². The summed E-state index contributed by atoms with van der Waals surface area (Å²) >= 11 is 0. The second kappa shape index (κ2) is 6.97. The van der Waals surface area contributed by atoms with Crippen molar-refractivity contribution in [1.82, 2.24) is 10.2 Å². The Morgan fingerprint density at radius 1 is 1.41 bits per heavy atom. The lowest BCUT2D eigenvalue weighted by molar-refractivity contribution is -0.144. The molecule has 2 unspecified atom stereocenters. The van der Waals surface area contributed by atoms with Crippen LogP contribution in [0.4, 0.5) is 0 Å². The molecule has 0 saturated carbocycles. The van der Waals surface area contributed by atoms with Crippen molar-refractivity contribution in [2.24, 2.45) is 0 Å². The van der Waals surface area contributed by atoms with Gasteiger partial charge < -0.3 is 15.3 Å². The number of carboxylic acids is 1. The van der Waals surface area contributed by atoms with Crippen LogP contribution < -0.4 is 5.32 Å². The zero-order chi connectivity index (χ0) is 13.6. The zero-order valence-corrected chi connectivity index (χ0v) is 12.1. The van der Waals surface area contributed by atoms with Crippen molar-refractivity contribution in [2.75, 3.05) is 14.1 Å². The van der Waals surface area contributed by atoms with E-state index < -0.39 is 11.5 Å². The zero-order valence-electron chi connectivity index (χ0n) is 12.1. The Labute approximate surface area is 105 Å². The number of aliphatic carboxylic acids is 1. The molecule has 2 N–H and O–H groups in total. The summed E-state index contributed by atoms with van der Waals surface area (Å²) in [4.78, 5) is 13.5. The van der Waals surface area contributed by atoms with Gasteiger partial charge in [0.05, 0.1) is 0 Å². The molecule has 0 bridgehead atoms. The summed E-state index contributed by atoms with van der Waals surface area (Å²) in [5.74, 6) is -0.787. The van der Waals surface area contributed by atoms with Gasteiger partial charge in [-0.05, 0) is 47.2 Å². The summed E-state index contributed by atoms with van der Waals surface area (Å²) in [6.45, 7) is 8.18. The minimum absolute atomic E-state index is 0.244. The average Bonchev–Trinajstić information content (AvgIpc) is 2.29. The van der Waals surface area contributed by atoms with Crippen LogP contribution in [0.1, 0.15) is 47.0 Å². The molecule has 0 rings (SSSR count). The predicted molar refractivity (Wildman–Crippen MR) is 71.3 cm³/mol. The molecule has 0 aromatic rings. The summed E-state index contributed by atoms with van der Waals surface area (Å²) in [7, 11) is 3.79. The highest BCUT2D eigenvalue weighted by Gasteiger charge is 2.34. The highest BCUT2D eigenvalue weighted by molar-refractivity contribution is 5.78. The molecule has 0 saturated heterocycles. The van der Waals surface area contributed by atoms with Gasteiger partial charge in [-0.25, -0.2) is 0 Å². The van der Waals surface area contributed by atoms with Crippen molar-refractivity contribution >= 4 is 5.97 Å². The second-order valence-electron chi connectivity index (χ2n) is 5.08. The second-order valence-corrected chi connectivity index (χ2v) is 5.08. The molecule has 0 aliphatic carbocycles. The van der Waals surface area contributed by atoms with Gasteiger partial charge in [-0.1, -0.05) is 13.8 Å². The average molecular weight is 244 g/mol. The maximum atomic E-state index is 11.2. The van der Waals surface area contributed by atoms with Crippen LogP contribution in [0.25, 0.3) is 0 Å². The van der Waals surface area contributed by atoms with Gasteiger partial charge in [-0.2, -0.15) is 0 Å². The van der Waals surface area contributed by atoms with Gasteiger partial charge in [0.1, 0.15) is 5.54 Å². The molecular weight excluding hydrogens is 216 g/mol. The molecule has 0 aromatic heterocycles. The normalized spacial score (nSPS) is 17.2. The first-order valence-corrected chi connectivity index (χ1v) is 6.46. The molecule has 4 heteroatoms. The molecule has 102 valence electrons. The van der Waals surface area contributed by atoms with Crippen LogP contribution in [0.3, 0.4) is 0 Å². The molecule has 0 heterocycles. The fourth-order valence-corrected chi connectivity index (χ4v) is 2.26. The number of nitrogens with one attached hydrogen (secondary N) is 1. The summed E-state index contributed by atoms with van der Waals surface area (Å²) < 4.78 is 0. The third-order valence-corrected chi connectivity index (χ3v) is 3.94. The Bertz CT molecular complexity index is 242. The first-order valence-electron chi connectivity index (χ1n) is 6.46. The van der Waals surface area contributed by atoms with E-state index in [4.69, 9.17) is 0 Å². The van der Waals surface area contributed by atoms with Crippen LogP contribution >= 0.6 is 0 Å². The first kappa shape index (κ1) is 16.4. The summed E-state index contributed by atoms with van der Waals surface area (Å²) in [5, 5.41) is 12.1. The number of nitrogens with zero attached hydrogens (tertiary/aromatic N) is 1. The van der Waals surface area contributed by atoms with E-state index in [1.807, 2.05) is 0 Å². The fourth-order valence-electron chi connectivity index (χ4n) is 2.26. The molecule has 0 aromatic carbocycles. The van der Waals surface area contributed by atoms with Crippen LogP contribution in [0.2, 0.25) is 0 Å². The van der Waals surface area contributed by atoms with Crippen LogP contribution in [-0.4, -0.2) is 47.7 Å². The summed E-state index contributed by atoms with van der Waals surface area (Å²) in [6, 6.07) is 0.772. The highest BCUT2D eigenvalue weighted by atomic mass is 16.4. The van der Waals surface area contributed by atoms with E-state index in [0.29, 0.717) is 12.5 Å². The van der Waals surface area contributed by atoms with E-state index in [2.05, 4.69) is 38.0 Å². The Kier molecular flexibility index (Phi) is 6.72. The van der Waals surface area contributed by atoms with Gasteiger partial charge in [0.25, 0.3) is 0 Å². The summed E-state index contributed by atoms with van der Waals surface area (Å²) in [5.41, 5.74) is -0.848. The van der Waals surface area contributed by atoms with E-state index in [1.165, 1.54) is 0 Å². The Balaban J connectivity index is 4.61. The Hall–Kier alpha value is -0.610. The number of carbonyl (C=O) groups is 1. The quantitative estimate of drug-likeness (QED) is 0.685. The smallest absolute Gasteiger partial charge is 0.323 e. The Morgan fingerprint density at radius 3 is 2.18 bits per heavy atom. The van der Waals surface area contributed by atoms with Crippen LogP contribution in [0.15, 0.2) is 0 Å². The van der Waals surface area contributed by atoms with Crippen molar-refractivity contribution in [3.8, 4) is 0 Å². The van der Waals surface area contributed by atoms with Crippen molar-refractivity contribution in [3.05, 3.63) is 0 Å². The van der Waals surface area contributed by atoms with Gasteiger partial charge in [-0.3, -0.25) is 4.79 Å². The first-order chi connectivity index (χ1) is 7.82. The molecule has 0 aliphatic heterocycles. The molecule has 17 heavy (non-hydrogen) atoms. The number of carboxylic acid groups (broad SMARTS) is 1. The number of hydrogen-bond acceptors (Lipinski definition) is 3. The molecular formula is C13H28N2O2. The topological polar surface area (TPSA) is 52.6 Å². The monoisotopic (exact) mass is 244 g/mol. The van der Waals surface area contributed by atoms with Crippen LogP contribution in [0.5, 0.6) is 0 Å². The molecule has 0 fully saturated rings. The standard InChI is InChI=1S/C13H28N2O2/c1-7-11(8-2)15(6)10(3)9-13(4,14-5)12(16)17/h10-11,14H,7-9H2,1-6H3,(H,16,17). The third kappa shape index (κ3) is 4.28. The molecule has 0 spiro atoms. The van der Waals surface area contributed by atoms with Gasteiger partial charge >= 0.3 is 5.97 Å². The lowest BCUT2D eigenvalue weighted by Gasteiger charge is -2.36. The highest BCUT2D eigenvalue weighted by Crippen LogP contribution is 2.19. The minimum atomic E-state index is -0.848. The maximum absolute atomic E-state index is 11.2. The van der Waals surface area contributed by atoms with E-state index in [-0.39, 0.29) is 6.04 Å². The molecule has 2 atom stereocenters. The van der Waals surface area contributed by atoms with E-state index in [1.54, 1.807) is 14.0 Å². The summed E-state index contributed by atoms with van der Waals surface area (Å²) in [6.07, 6.45) is 2.80. The van der Waals surface area contributed by atoms with Gasteiger partial charge in [0, 0.05) is 12.1 Å².